The number of hydrogen-bond donors (Lipinski definition) is 2. The Labute approximate surface area is 106 Å². The van der Waals surface area contributed by atoms with E-state index in [9.17, 15) is 5.11 Å². The molecule has 1 heterocycles. The first-order chi connectivity index (χ1) is 7.66. The van der Waals surface area contributed by atoms with Crippen molar-refractivity contribution >= 4 is 23.2 Å². The third-order valence-corrected chi connectivity index (χ3v) is 3.49. The first kappa shape index (κ1) is 12.2. The molecule has 1 aliphatic heterocycles. The first-order valence-electron chi connectivity index (χ1n) is 5.51. The number of halogens is 2. The van der Waals surface area contributed by atoms with E-state index in [1.54, 1.807) is 18.2 Å². The second kappa shape index (κ2) is 5.37. The quantitative estimate of drug-likeness (QED) is 0.856. The third-order valence-electron chi connectivity index (χ3n) is 3.06. The van der Waals surface area contributed by atoms with Crippen molar-refractivity contribution < 1.29 is 5.11 Å². The van der Waals surface area contributed by atoms with Crippen molar-refractivity contribution in [3.63, 3.8) is 0 Å². The van der Waals surface area contributed by atoms with Crippen LogP contribution in [-0.2, 0) is 0 Å². The van der Waals surface area contributed by atoms with E-state index in [0.717, 1.165) is 31.5 Å². The number of aliphatic hydroxyl groups is 1. The van der Waals surface area contributed by atoms with Crippen LogP contribution in [0.5, 0.6) is 0 Å². The predicted octanol–water partition coefficient (Wildman–Crippen LogP) is 3.03. The molecule has 1 aliphatic rings. The van der Waals surface area contributed by atoms with Gasteiger partial charge in [0.25, 0.3) is 0 Å². The summed E-state index contributed by atoms with van der Waals surface area (Å²) in [6.07, 6.45) is 1.52. The Morgan fingerprint density at radius 3 is 2.25 bits per heavy atom. The summed E-state index contributed by atoms with van der Waals surface area (Å²) in [5.74, 6) is 0.302. The van der Waals surface area contributed by atoms with Gasteiger partial charge in [0, 0.05) is 10.0 Å². The standard InChI is InChI=1S/C12H15Cl2NO/c13-10-5-9(6-11(14)7-10)12(16)8-1-3-15-4-2-8/h5-8,12,15-16H,1-4H2. The van der Waals surface area contributed by atoms with Gasteiger partial charge in [0.05, 0.1) is 6.10 Å². The smallest absolute Gasteiger partial charge is 0.0820 e. The number of rotatable bonds is 2. The molecule has 1 aromatic carbocycles. The third kappa shape index (κ3) is 2.89. The zero-order chi connectivity index (χ0) is 11.5. The largest absolute Gasteiger partial charge is 0.388 e. The van der Waals surface area contributed by atoms with Gasteiger partial charge in [-0.15, -0.1) is 0 Å². The van der Waals surface area contributed by atoms with Crippen molar-refractivity contribution in [2.75, 3.05) is 13.1 Å². The van der Waals surface area contributed by atoms with E-state index in [4.69, 9.17) is 23.2 Å². The summed E-state index contributed by atoms with van der Waals surface area (Å²) in [5, 5.41) is 14.7. The second-order valence-corrected chi connectivity index (χ2v) is 5.11. The molecule has 0 aromatic heterocycles. The summed E-state index contributed by atoms with van der Waals surface area (Å²) < 4.78 is 0. The van der Waals surface area contributed by atoms with Gasteiger partial charge in [0.2, 0.25) is 0 Å². The van der Waals surface area contributed by atoms with Crippen LogP contribution < -0.4 is 5.32 Å². The molecule has 0 amide bonds. The molecule has 1 atom stereocenters. The van der Waals surface area contributed by atoms with Gasteiger partial charge in [-0.2, -0.15) is 0 Å². The Kier molecular flexibility index (Phi) is 4.09. The van der Waals surface area contributed by atoms with E-state index in [2.05, 4.69) is 5.32 Å². The molecule has 4 heteroatoms. The maximum Gasteiger partial charge on any atom is 0.0820 e. The van der Waals surface area contributed by atoms with Crippen LogP contribution in [0.4, 0.5) is 0 Å². The number of nitrogens with one attached hydrogen (secondary N) is 1. The predicted molar refractivity (Wildman–Crippen MR) is 67.0 cm³/mol. The van der Waals surface area contributed by atoms with E-state index in [-0.39, 0.29) is 0 Å². The molecule has 1 saturated heterocycles. The fourth-order valence-corrected chi connectivity index (χ4v) is 2.72. The first-order valence-corrected chi connectivity index (χ1v) is 6.27. The van der Waals surface area contributed by atoms with Gasteiger partial charge in [0.15, 0.2) is 0 Å². The van der Waals surface area contributed by atoms with Crippen molar-refractivity contribution in [2.24, 2.45) is 5.92 Å². The molecule has 16 heavy (non-hydrogen) atoms. The van der Waals surface area contributed by atoms with E-state index in [1.807, 2.05) is 0 Å². The van der Waals surface area contributed by atoms with Crippen LogP contribution in [0.3, 0.4) is 0 Å². The monoisotopic (exact) mass is 259 g/mol. The summed E-state index contributed by atoms with van der Waals surface area (Å²) >= 11 is 11.9. The Bertz CT molecular complexity index is 344. The molecule has 0 bridgehead atoms. The van der Waals surface area contributed by atoms with Crippen LogP contribution in [0.1, 0.15) is 24.5 Å². The van der Waals surface area contributed by atoms with Gasteiger partial charge in [-0.1, -0.05) is 23.2 Å². The highest BCUT2D eigenvalue weighted by molar-refractivity contribution is 6.34. The minimum absolute atomic E-state index is 0.302. The Morgan fingerprint density at radius 2 is 1.69 bits per heavy atom. The second-order valence-electron chi connectivity index (χ2n) is 4.24. The average Bonchev–Trinajstić information content (AvgIpc) is 2.28. The van der Waals surface area contributed by atoms with Crippen molar-refractivity contribution in [3.8, 4) is 0 Å². The van der Waals surface area contributed by atoms with Crippen LogP contribution in [0, 0.1) is 5.92 Å². The molecular weight excluding hydrogens is 245 g/mol. The summed E-state index contributed by atoms with van der Waals surface area (Å²) in [4.78, 5) is 0. The van der Waals surface area contributed by atoms with E-state index < -0.39 is 6.10 Å². The van der Waals surface area contributed by atoms with Gasteiger partial charge >= 0.3 is 0 Å². The van der Waals surface area contributed by atoms with Crippen LogP contribution in [0.25, 0.3) is 0 Å². The Balaban J connectivity index is 2.15. The Hall–Kier alpha value is -0.280. The van der Waals surface area contributed by atoms with Crippen LogP contribution in [0.15, 0.2) is 18.2 Å². The van der Waals surface area contributed by atoms with Gasteiger partial charge in [-0.25, -0.2) is 0 Å². The lowest BCUT2D eigenvalue weighted by molar-refractivity contribution is 0.0889. The van der Waals surface area contributed by atoms with Crippen LogP contribution in [-0.4, -0.2) is 18.2 Å². The molecule has 0 saturated carbocycles. The maximum absolute atomic E-state index is 10.2. The van der Waals surface area contributed by atoms with Crippen molar-refractivity contribution in [1.82, 2.24) is 5.32 Å². The SMILES string of the molecule is OC(c1cc(Cl)cc(Cl)c1)C1CCNCC1. The van der Waals surface area contributed by atoms with Crippen LogP contribution >= 0.6 is 23.2 Å². The number of aliphatic hydroxyl groups excluding tert-OH is 1. The zero-order valence-electron chi connectivity index (χ0n) is 8.92. The normalized spacial score (nSPS) is 19.7. The highest BCUT2D eigenvalue weighted by Crippen LogP contribution is 2.31. The summed E-state index contributed by atoms with van der Waals surface area (Å²) in [7, 11) is 0. The average molecular weight is 260 g/mol. The lowest BCUT2D eigenvalue weighted by Gasteiger charge is -2.27. The van der Waals surface area contributed by atoms with E-state index >= 15 is 0 Å². The minimum atomic E-state index is -0.460. The van der Waals surface area contributed by atoms with Crippen molar-refractivity contribution in [3.05, 3.63) is 33.8 Å². The molecule has 0 radical (unpaired) electrons. The fraction of sp³-hybridized carbons (Fsp3) is 0.500. The minimum Gasteiger partial charge on any atom is -0.388 e. The number of piperidine rings is 1. The lowest BCUT2D eigenvalue weighted by Crippen LogP contribution is -2.30. The highest BCUT2D eigenvalue weighted by Gasteiger charge is 2.23. The molecule has 2 rings (SSSR count). The number of hydrogen-bond acceptors (Lipinski definition) is 2. The molecule has 0 aliphatic carbocycles. The number of benzene rings is 1. The molecule has 1 fully saturated rings. The fourth-order valence-electron chi connectivity index (χ4n) is 2.18. The molecule has 2 N–H and O–H groups in total. The van der Waals surface area contributed by atoms with E-state index in [0.29, 0.717) is 16.0 Å². The van der Waals surface area contributed by atoms with Crippen molar-refractivity contribution in [1.29, 1.82) is 0 Å². The molecule has 88 valence electrons. The maximum atomic E-state index is 10.2. The molecule has 1 aromatic rings. The summed E-state index contributed by atoms with van der Waals surface area (Å²) in [5.41, 5.74) is 0.824. The van der Waals surface area contributed by atoms with Gasteiger partial charge in [-0.3, -0.25) is 0 Å². The van der Waals surface area contributed by atoms with E-state index in [1.165, 1.54) is 0 Å². The highest BCUT2D eigenvalue weighted by atomic mass is 35.5. The Morgan fingerprint density at radius 1 is 1.12 bits per heavy atom. The molecular formula is C12H15Cl2NO. The van der Waals surface area contributed by atoms with Gasteiger partial charge in [-0.05, 0) is 55.6 Å². The summed E-state index contributed by atoms with van der Waals surface area (Å²) in [6, 6.07) is 5.27. The molecule has 0 spiro atoms. The molecule has 1 unspecified atom stereocenters. The lowest BCUT2D eigenvalue weighted by atomic mass is 9.88. The van der Waals surface area contributed by atoms with Gasteiger partial charge in [0.1, 0.15) is 0 Å². The topological polar surface area (TPSA) is 32.3 Å². The van der Waals surface area contributed by atoms with Crippen LogP contribution in [0.2, 0.25) is 10.0 Å². The van der Waals surface area contributed by atoms with Gasteiger partial charge < -0.3 is 10.4 Å². The van der Waals surface area contributed by atoms with Crippen molar-refractivity contribution in [2.45, 2.75) is 18.9 Å². The zero-order valence-corrected chi connectivity index (χ0v) is 10.4. The molecule has 2 nitrogen and oxygen atoms in total. The summed E-state index contributed by atoms with van der Waals surface area (Å²) in [6.45, 7) is 1.94.